The van der Waals surface area contributed by atoms with Crippen LogP contribution in [0.4, 0.5) is 0 Å². The van der Waals surface area contributed by atoms with Gasteiger partial charge in [-0.1, -0.05) is 11.6 Å². The summed E-state index contributed by atoms with van der Waals surface area (Å²) in [5.41, 5.74) is 0.864. The minimum Gasteiger partial charge on any atom is -0.476 e. The van der Waals surface area contributed by atoms with Gasteiger partial charge in [0.2, 0.25) is 5.88 Å². The van der Waals surface area contributed by atoms with Crippen molar-refractivity contribution in [2.24, 2.45) is 0 Å². The number of rotatable bonds is 5. The maximum Gasteiger partial charge on any atom is 0.233 e. The summed E-state index contributed by atoms with van der Waals surface area (Å²) in [6.45, 7) is 3.11. The van der Waals surface area contributed by atoms with Crippen LogP contribution < -0.4 is 4.74 Å². The largest absolute Gasteiger partial charge is 0.476 e. The Morgan fingerprint density at radius 3 is 2.79 bits per heavy atom. The summed E-state index contributed by atoms with van der Waals surface area (Å²) in [7, 11) is 1.66. The summed E-state index contributed by atoms with van der Waals surface area (Å²) in [5.74, 6) is 0.503. The lowest BCUT2D eigenvalue weighted by Crippen LogP contribution is -2.03. The van der Waals surface area contributed by atoms with Crippen molar-refractivity contribution in [3.63, 3.8) is 0 Å². The van der Waals surface area contributed by atoms with Gasteiger partial charge in [0.15, 0.2) is 5.15 Å². The molecule has 1 rings (SSSR count). The molecular formula is C9H13ClN2O2. The van der Waals surface area contributed by atoms with E-state index in [9.17, 15) is 0 Å². The first kappa shape index (κ1) is 11.2. The molecule has 0 radical (unpaired) electrons. The first-order valence-corrected chi connectivity index (χ1v) is 4.73. The summed E-state index contributed by atoms with van der Waals surface area (Å²) < 4.78 is 10.2. The van der Waals surface area contributed by atoms with Crippen LogP contribution in [0.15, 0.2) is 6.07 Å². The Bertz CT molecular complexity index is 294. The van der Waals surface area contributed by atoms with Gasteiger partial charge in [-0.05, 0) is 12.5 Å². The van der Waals surface area contributed by atoms with Crippen LogP contribution in [0.5, 0.6) is 5.88 Å². The number of aromatic nitrogens is 2. The van der Waals surface area contributed by atoms with E-state index in [0.29, 0.717) is 24.2 Å². The Hall–Kier alpha value is -0.870. The van der Waals surface area contributed by atoms with E-state index in [1.165, 1.54) is 0 Å². The topological polar surface area (TPSA) is 44.2 Å². The van der Waals surface area contributed by atoms with Gasteiger partial charge < -0.3 is 9.47 Å². The van der Waals surface area contributed by atoms with Crippen molar-refractivity contribution in [1.29, 1.82) is 0 Å². The molecule has 0 saturated heterocycles. The highest BCUT2D eigenvalue weighted by Gasteiger charge is 2.01. The van der Waals surface area contributed by atoms with Crippen LogP contribution in [0.1, 0.15) is 12.0 Å². The Morgan fingerprint density at radius 2 is 2.14 bits per heavy atom. The standard InChI is InChI=1S/C9H13ClN2O2/c1-7-6-8(11-12-9(7)10)14-5-3-4-13-2/h6H,3-5H2,1-2H3. The summed E-state index contributed by atoms with van der Waals surface area (Å²) >= 11 is 5.72. The highest BCUT2D eigenvalue weighted by atomic mass is 35.5. The lowest BCUT2D eigenvalue weighted by Gasteiger charge is -2.04. The lowest BCUT2D eigenvalue weighted by atomic mass is 10.3. The van der Waals surface area contributed by atoms with Crippen molar-refractivity contribution in [2.75, 3.05) is 20.3 Å². The minimum absolute atomic E-state index is 0.411. The van der Waals surface area contributed by atoms with Gasteiger partial charge in [-0.25, -0.2) is 0 Å². The third kappa shape index (κ3) is 3.47. The van der Waals surface area contributed by atoms with Gasteiger partial charge in [-0.15, -0.1) is 10.2 Å². The zero-order chi connectivity index (χ0) is 10.4. The molecular weight excluding hydrogens is 204 g/mol. The van der Waals surface area contributed by atoms with Crippen molar-refractivity contribution in [2.45, 2.75) is 13.3 Å². The van der Waals surface area contributed by atoms with Crippen LogP contribution in [-0.4, -0.2) is 30.5 Å². The SMILES string of the molecule is COCCCOc1cc(C)c(Cl)nn1. The average molecular weight is 217 g/mol. The molecule has 0 N–H and O–H groups in total. The van der Waals surface area contributed by atoms with E-state index in [4.69, 9.17) is 21.1 Å². The Morgan fingerprint density at radius 1 is 1.36 bits per heavy atom. The fraction of sp³-hybridized carbons (Fsp3) is 0.556. The molecule has 0 unspecified atom stereocenters. The van der Waals surface area contributed by atoms with Crippen molar-refractivity contribution in [1.82, 2.24) is 10.2 Å². The number of methoxy groups -OCH3 is 1. The van der Waals surface area contributed by atoms with Crippen LogP contribution in [-0.2, 0) is 4.74 Å². The molecule has 0 aliphatic carbocycles. The number of hydrogen-bond acceptors (Lipinski definition) is 4. The second-order valence-corrected chi connectivity index (χ2v) is 3.21. The number of hydrogen-bond donors (Lipinski definition) is 0. The molecule has 0 bridgehead atoms. The van der Waals surface area contributed by atoms with E-state index >= 15 is 0 Å². The van der Waals surface area contributed by atoms with Crippen LogP contribution in [0, 0.1) is 6.92 Å². The van der Waals surface area contributed by atoms with Crippen LogP contribution in [0.25, 0.3) is 0 Å². The fourth-order valence-corrected chi connectivity index (χ4v) is 0.989. The molecule has 4 nitrogen and oxygen atoms in total. The van der Waals surface area contributed by atoms with Crippen LogP contribution in [0.2, 0.25) is 5.15 Å². The van der Waals surface area contributed by atoms with Gasteiger partial charge in [0, 0.05) is 26.2 Å². The highest BCUT2D eigenvalue weighted by Crippen LogP contribution is 2.14. The predicted molar refractivity (Wildman–Crippen MR) is 53.8 cm³/mol. The minimum atomic E-state index is 0.411. The normalized spacial score (nSPS) is 10.2. The molecule has 1 aromatic heterocycles. The smallest absolute Gasteiger partial charge is 0.233 e. The lowest BCUT2D eigenvalue weighted by molar-refractivity contribution is 0.170. The predicted octanol–water partition coefficient (Wildman–Crippen LogP) is 1.85. The maximum absolute atomic E-state index is 5.72. The molecule has 14 heavy (non-hydrogen) atoms. The number of nitrogens with zero attached hydrogens (tertiary/aromatic N) is 2. The maximum atomic E-state index is 5.72. The van der Waals surface area contributed by atoms with Gasteiger partial charge in [0.25, 0.3) is 0 Å². The van der Waals surface area contributed by atoms with E-state index < -0.39 is 0 Å². The van der Waals surface area contributed by atoms with Gasteiger partial charge in [-0.3, -0.25) is 0 Å². The molecule has 0 amide bonds. The van der Waals surface area contributed by atoms with Gasteiger partial charge >= 0.3 is 0 Å². The molecule has 0 saturated carbocycles. The number of ether oxygens (including phenoxy) is 2. The molecule has 0 spiro atoms. The first-order chi connectivity index (χ1) is 6.74. The quantitative estimate of drug-likeness (QED) is 0.705. The van der Waals surface area contributed by atoms with Crippen molar-refractivity contribution in [3.8, 4) is 5.88 Å². The van der Waals surface area contributed by atoms with E-state index in [1.54, 1.807) is 13.2 Å². The molecule has 0 aromatic carbocycles. The summed E-state index contributed by atoms with van der Waals surface area (Å²) in [4.78, 5) is 0. The molecule has 78 valence electrons. The van der Waals surface area contributed by atoms with Crippen molar-refractivity contribution >= 4 is 11.6 Å². The van der Waals surface area contributed by atoms with Gasteiger partial charge in [-0.2, -0.15) is 0 Å². The zero-order valence-electron chi connectivity index (χ0n) is 8.29. The summed E-state index contributed by atoms with van der Waals surface area (Å²) in [6.07, 6.45) is 0.833. The van der Waals surface area contributed by atoms with Crippen LogP contribution >= 0.6 is 11.6 Å². The van der Waals surface area contributed by atoms with E-state index in [1.807, 2.05) is 6.92 Å². The zero-order valence-corrected chi connectivity index (χ0v) is 9.04. The first-order valence-electron chi connectivity index (χ1n) is 4.35. The summed E-state index contributed by atoms with van der Waals surface area (Å²) in [6, 6.07) is 1.77. The Labute approximate surface area is 88.2 Å². The third-order valence-corrected chi connectivity index (χ3v) is 2.02. The van der Waals surface area contributed by atoms with E-state index in [0.717, 1.165) is 12.0 Å². The average Bonchev–Trinajstić information content (AvgIpc) is 2.18. The number of halogens is 1. The molecule has 0 fully saturated rings. The fourth-order valence-electron chi connectivity index (χ4n) is 0.896. The Kier molecular flexibility index (Phi) is 4.62. The molecule has 0 aliphatic rings. The van der Waals surface area contributed by atoms with E-state index in [-0.39, 0.29) is 0 Å². The summed E-state index contributed by atoms with van der Waals surface area (Å²) in [5, 5.41) is 7.94. The molecule has 1 heterocycles. The second kappa shape index (κ2) is 5.78. The van der Waals surface area contributed by atoms with E-state index in [2.05, 4.69) is 10.2 Å². The van der Waals surface area contributed by atoms with Gasteiger partial charge in [0.1, 0.15) is 0 Å². The van der Waals surface area contributed by atoms with Gasteiger partial charge in [0.05, 0.1) is 6.61 Å². The molecule has 0 aliphatic heterocycles. The second-order valence-electron chi connectivity index (χ2n) is 2.85. The van der Waals surface area contributed by atoms with Crippen LogP contribution in [0.3, 0.4) is 0 Å². The molecule has 1 aromatic rings. The molecule has 5 heteroatoms. The van der Waals surface area contributed by atoms with Crippen molar-refractivity contribution in [3.05, 3.63) is 16.8 Å². The number of aryl methyl sites for hydroxylation is 1. The third-order valence-electron chi connectivity index (χ3n) is 1.64. The van der Waals surface area contributed by atoms with Crippen molar-refractivity contribution < 1.29 is 9.47 Å². The monoisotopic (exact) mass is 216 g/mol. The highest BCUT2D eigenvalue weighted by molar-refractivity contribution is 6.30. The molecule has 0 atom stereocenters. The Balaban J connectivity index is 2.39.